The van der Waals surface area contributed by atoms with Crippen LogP contribution in [0.5, 0.6) is 5.75 Å². The predicted octanol–water partition coefficient (Wildman–Crippen LogP) is 3.53. The van der Waals surface area contributed by atoms with Crippen LogP contribution in [0.3, 0.4) is 0 Å². The van der Waals surface area contributed by atoms with Crippen LogP contribution in [0.2, 0.25) is 5.02 Å². The van der Waals surface area contributed by atoms with Crippen LogP contribution in [0.1, 0.15) is 35.6 Å². The van der Waals surface area contributed by atoms with E-state index < -0.39 is 6.10 Å². The fourth-order valence-corrected chi connectivity index (χ4v) is 4.86. The van der Waals surface area contributed by atoms with Gasteiger partial charge in [0.15, 0.2) is 0 Å². The quantitative estimate of drug-likeness (QED) is 0.733. The average molecular weight is 431 g/mol. The molecule has 30 heavy (non-hydrogen) atoms. The average Bonchev–Trinajstić information content (AvgIpc) is 3.16. The maximum Gasteiger partial charge on any atom is 0.119 e. The second-order valence-corrected chi connectivity index (χ2v) is 9.08. The minimum absolute atomic E-state index is 0.0855. The minimum atomic E-state index is -0.467. The molecule has 5 unspecified atom stereocenters. The fraction of sp³-hybridized carbons (Fsp3) is 0.500. The van der Waals surface area contributed by atoms with Crippen LogP contribution in [0.4, 0.5) is 0 Å². The molecule has 2 aromatic carbocycles. The highest BCUT2D eigenvalue weighted by atomic mass is 35.5. The smallest absolute Gasteiger partial charge is 0.119 e. The summed E-state index contributed by atoms with van der Waals surface area (Å²) in [4.78, 5) is 0. The molecule has 5 atom stereocenters. The Morgan fingerprint density at radius 3 is 2.53 bits per heavy atom. The Morgan fingerprint density at radius 2 is 1.80 bits per heavy atom. The Balaban J connectivity index is 1.26. The molecule has 6 heteroatoms. The Morgan fingerprint density at radius 1 is 1.03 bits per heavy atom. The molecule has 2 saturated heterocycles. The van der Waals surface area contributed by atoms with Crippen molar-refractivity contribution in [1.82, 2.24) is 0 Å². The van der Waals surface area contributed by atoms with Gasteiger partial charge in [0.1, 0.15) is 11.9 Å². The Hall–Kier alpha value is -1.63. The van der Waals surface area contributed by atoms with Crippen molar-refractivity contribution in [3.05, 3.63) is 64.2 Å². The normalized spacial score (nSPS) is 32.6. The number of fused-ring (bicyclic) bond motifs is 1. The van der Waals surface area contributed by atoms with Gasteiger partial charge in [-0.3, -0.25) is 0 Å². The first-order valence-electron chi connectivity index (χ1n) is 10.7. The third-order valence-corrected chi connectivity index (χ3v) is 6.86. The van der Waals surface area contributed by atoms with Crippen LogP contribution in [-0.2, 0) is 15.9 Å². The summed E-state index contributed by atoms with van der Waals surface area (Å²) < 4.78 is 17.4. The van der Waals surface area contributed by atoms with Gasteiger partial charge < -0.3 is 24.4 Å². The van der Waals surface area contributed by atoms with E-state index in [1.165, 1.54) is 0 Å². The number of hydrogen-bond acceptors (Lipinski definition) is 5. The van der Waals surface area contributed by atoms with Gasteiger partial charge in [-0.1, -0.05) is 35.9 Å². The molecule has 1 saturated carbocycles. The molecule has 0 aromatic heterocycles. The van der Waals surface area contributed by atoms with Crippen molar-refractivity contribution in [3.63, 3.8) is 0 Å². The predicted molar refractivity (Wildman–Crippen MR) is 113 cm³/mol. The van der Waals surface area contributed by atoms with Crippen molar-refractivity contribution < 1.29 is 24.4 Å². The van der Waals surface area contributed by atoms with Gasteiger partial charge in [0.05, 0.1) is 38.1 Å². The zero-order chi connectivity index (χ0) is 20.7. The molecule has 0 spiro atoms. The number of ether oxygens (including phenoxy) is 3. The molecular formula is C24H27ClO5. The standard InChI is InChI=1S/C24H27ClO5/c25-22-6-3-15(23-10-17(27)9-19(11-26)29-23)8-16(22)7-14-1-4-18(5-2-14)30-24-20-12-28-13-21(20)24/h1-6,8,17,19-21,23-24,26-27H,7,9-13H2. The van der Waals surface area contributed by atoms with Crippen molar-refractivity contribution in [3.8, 4) is 5.75 Å². The van der Waals surface area contributed by atoms with E-state index in [0.717, 1.165) is 35.7 Å². The number of aliphatic hydroxyl groups excluding tert-OH is 2. The Bertz CT molecular complexity index is 876. The van der Waals surface area contributed by atoms with Gasteiger partial charge in [-0.05, 0) is 41.3 Å². The molecule has 2 N–H and O–H groups in total. The third kappa shape index (κ3) is 4.23. The minimum Gasteiger partial charge on any atom is -0.490 e. The van der Waals surface area contributed by atoms with Gasteiger partial charge in [0.25, 0.3) is 0 Å². The lowest BCUT2D eigenvalue weighted by atomic mass is 9.94. The van der Waals surface area contributed by atoms with Gasteiger partial charge in [0.2, 0.25) is 0 Å². The fourth-order valence-electron chi connectivity index (χ4n) is 4.68. The summed E-state index contributed by atoms with van der Waals surface area (Å²) in [6.45, 7) is 1.56. The zero-order valence-electron chi connectivity index (χ0n) is 16.7. The van der Waals surface area contributed by atoms with Crippen LogP contribution < -0.4 is 4.74 Å². The number of benzene rings is 2. The summed E-state index contributed by atoms with van der Waals surface area (Å²) in [6, 6.07) is 14.1. The number of halogens is 1. The maximum atomic E-state index is 10.1. The molecule has 2 aromatic rings. The first-order valence-corrected chi connectivity index (χ1v) is 11.0. The molecule has 0 amide bonds. The van der Waals surface area contributed by atoms with E-state index in [1.54, 1.807) is 0 Å². The summed E-state index contributed by atoms with van der Waals surface area (Å²) in [5, 5.41) is 20.2. The van der Waals surface area contributed by atoms with E-state index in [9.17, 15) is 10.2 Å². The molecule has 0 radical (unpaired) electrons. The van der Waals surface area contributed by atoms with E-state index in [0.29, 0.717) is 42.2 Å². The second kappa shape index (κ2) is 8.48. The number of hydrogen-bond donors (Lipinski definition) is 2. The maximum absolute atomic E-state index is 10.1. The number of rotatable bonds is 6. The van der Waals surface area contributed by atoms with Gasteiger partial charge in [-0.25, -0.2) is 0 Å². The monoisotopic (exact) mass is 430 g/mol. The molecule has 3 fully saturated rings. The van der Waals surface area contributed by atoms with Gasteiger partial charge in [0, 0.05) is 29.7 Å². The van der Waals surface area contributed by atoms with E-state index in [-0.39, 0.29) is 18.8 Å². The Labute approximate surface area is 181 Å². The summed E-state index contributed by atoms with van der Waals surface area (Å²) in [5.74, 6) is 2.03. The molecule has 5 rings (SSSR count). The van der Waals surface area contributed by atoms with Crippen molar-refractivity contribution in [2.24, 2.45) is 11.8 Å². The van der Waals surface area contributed by atoms with Gasteiger partial charge >= 0.3 is 0 Å². The first-order chi connectivity index (χ1) is 14.6. The molecule has 5 nitrogen and oxygen atoms in total. The van der Waals surface area contributed by atoms with Crippen molar-refractivity contribution in [2.75, 3.05) is 19.8 Å². The summed E-state index contributed by atoms with van der Waals surface area (Å²) in [5.41, 5.74) is 3.15. The van der Waals surface area contributed by atoms with E-state index >= 15 is 0 Å². The first kappa shape index (κ1) is 20.3. The number of aliphatic hydroxyl groups is 2. The van der Waals surface area contributed by atoms with Crippen LogP contribution >= 0.6 is 11.6 Å². The highest BCUT2D eigenvalue weighted by Gasteiger charge is 2.56. The molecule has 0 bridgehead atoms. The summed E-state index contributed by atoms with van der Waals surface area (Å²) in [6.07, 6.45) is 0.973. The molecule has 2 heterocycles. The van der Waals surface area contributed by atoms with Gasteiger partial charge in [-0.15, -0.1) is 0 Å². The van der Waals surface area contributed by atoms with Crippen molar-refractivity contribution >= 4 is 11.6 Å². The summed E-state index contributed by atoms with van der Waals surface area (Å²) in [7, 11) is 0. The highest BCUT2D eigenvalue weighted by molar-refractivity contribution is 6.31. The SMILES string of the molecule is OCC1CC(O)CC(c2ccc(Cl)c(Cc3ccc(OC4C5COCC54)cc3)c2)O1. The summed E-state index contributed by atoms with van der Waals surface area (Å²) >= 11 is 6.47. The van der Waals surface area contributed by atoms with E-state index in [1.807, 2.05) is 24.3 Å². The lowest BCUT2D eigenvalue weighted by Crippen LogP contribution is -2.33. The molecule has 1 aliphatic carbocycles. The topological polar surface area (TPSA) is 68.2 Å². The third-order valence-electron chi connectivity index (χ3n) is 6.49. The Kier molecular flexibility index (Phi) is 5.73. The van der Waals surface area contributed by atoms with Crippen LogP contribution in [0.25, 0.3) is 0 Å². The highest BCUT2D eigenvalue weighted by Crippen LogP contribution is 2.46. The molecule has 2 aliphatic heterocycles. The van der Waals surface area contributed by atoms with Gasteiger partial charge in [-0.2, -0.15) is 0 Å². The second-order valence-electron chi connectivity index (χ2n) is 8.67. The van der Waals surface area contributed by atoms with E-state index in [4.69, 9.17) is 25.8 Å². The molecule has 160 valence electrons. The van der Waals surface area contributed by atoms with Crippen LogP contribution in [0.15, 0.2) is 42.5 Å². The largest absolute Gasteiger partial charge is 0.490 e. The van der Waals surface area contributed by atoms with Crippen LogP contribution in [-0.4, -0.2) is 48.3 Å². The molecule has 3 aliphatic rings. The lowest BCUT2D eigenvalue weighted by Gasteiger charge is -2.32. The van der Waals surface area contributed by atoms with Crippen LogP contribution in [0, 0.1) is 11.8 Å². The van der Waals surface area contributed by atoms with E-state index in [2.05, 4.69) is 18.2 Å². The zero-order valence-corrected chi connectivity index (χ0v) is 17.5. The van der Waals surface area contributed by atoms with Crippen molar-refractivity contribution in [1.29, 1.82) is 0 Å². The van der Waals surface area contributed by atoms with Crippen molar-refractivity contribution in [2.45, 2.75) is 43.7 Å². The molecular weight excluding hydrogens is 404 g/mol. The lowest BCUT2D eigenvalue weighted by molar-refractivity contribution is -0.113.